The lowest BCUT2D eigenvalue weighted by molar-refractivity contribution is 0.199. The van der Waals surface area contributed by atoms with Gasteiger partial charge in [-0.15, -0.1) is 5.10 Å². The van der Waals surface area contributed by atoms with Crippen molar-refractivity contribution in [1.29, 1.82) is 0 Å². The summed E-state index contributed by atoms with van der Waals surface area (Å²) < 4.78 is 2.01. The van der Waals surface area contributed by atoms with Crippen LogP contribution in [0.3, 0.4) is 0 Å². The van der Waals surface area contributed by atoms with E-state index in [1.165, 1.54) is 77.0 Å². The van der Waals surface area contributed by atoms with Gasteiger partial charge in [-0.3, -0.25) is 4.90 Å². The van der Waals surface area contributed by atoms with Crippen LogP contribution in [0.15, 0.2) is 18.2 Å². The second-order valence-electron chi connectivity index (χ2n) is 8.13. The van der Waals surface area contributed by atoms with Crippen molar-refractivity contribution in [3.8, 4) is 0 Å². The summed E-state index contributed by atoms with van der Waals surface area (Å²) in [5.41, 5.74) is 8.71. The number of hydrogen-bond acceptors (Lipinski definition) is 4. The molecule has 0 aliphatic rings. The van der Waals surface area contributed by atoms with Gasteiger partial charge in [0.25, 0.3) is 0 Å². The largest absolute Gasteiger partial charge is 0.399 e. The van der Waals surface area contributed by atoms with Gasteiger partial charge in [0.1, 0.15) is 5.52 Å². The SMILES string of the molecule is CCCCCCCCN(CCCCCCCC)Cn1nnc2ccc(N)cc21. The molecule has 0 amide bonds. The predicted octanol–water partition coefficient (Wildman–Crippen LogP) is 5.99. The van der Waals surface area contributed by atoms with Crippen LogP contribution in [0.5, 0.6) is 0 Å². The fourth-order valence-electron chi connectivity index (χ4n) is 3.76. The smallest absolute Gasteiger partial charge is 0.113 e. The first-order chi connectivity index (χ1) is 13.7. The van der Waals surface area contributed by atoms with Gasteiger partial charge in [-0.25, -0.2) is 4.68 Å². The molecule has 5 heteroatoms. The lowest BCUT2D eigenvalue weighted by Crippen LogP contribution is -2.29. The molecule has 2 N–H and O–H groups in total. The fraction of sp³-hybridized carbons (Fsp3) is 0.739. The average molecular weight is 388 g/mol. The van der Waals surface area contributed by atoms with E-state index in [1.807, 2.05) is 22.9 Å². The summed E-state index contributed by atoms with van der Waals surface area (Å²) >= 11 is 0. The molecule has 0 fully saturated rings. The molecule has 0 saturated carbocycles. The number of aromatic nitrogens is 3. The number of anilines is 1. The van der Waals surface area contributed by atoms with E-state index in [4.69, 9.17) is 5.73 Å². The number of nitrogen functional groups attached to an aromatic ring is 1. The monoisotopic (exact) mass is 387 g/mol. The van der Waals surface area contributed by atoms with Crippen molar-refractivity contribution in [1.82, 2.24) is 19.9 Å². The van der Waals surface area contributed by atoms with Crippen molar-refractivity contribution in [2.24, 2.45) is 0 Å². The van der Waals surface area contributed by atoms with Gasteiger partial charge in [-0.05, 0) is 44.1 Å². The number of fused-ring (bicyclic) bond motifs is 1. The second kappa shape index (κ2) is 13.5. The standard InChI is InChI=1S/C23H41N5/c1-3-5-7-9-11-13-17-27(18-14-12-10-8-6-4-2)20-28-23-19-21(24)15-16-22(23)25-26-28/h15-16,19H,3-14,17-18,20,24H2,1-2H3. The molecule has 0 saturated heterocycles. The molecule has 28 heavy (non-hydrogen) atoms. The summed E-state index contributed by atoms with van der Waals surface area (Å²) in [6.07, 6.45) is 16.0. The zero-order chi connectivity index (χ0) is 20.0. The molecular formula is C23H41N5. The van der Waals surface area contributed by atoms with E-state index in [1.54, 1.807) is 0 Å². The summed E-state index contributed by atoms with van der Waals surface area (Å²) in [6, 6.07) is 5.84. The number of nitrogens with two attached hydrogens (primary N) is 1. The van der Waals surface area contributed by atoms with Crippen molar-refractivity contribution in [3.05, 3.63) is 18.2 Å². The second-order valence-corrected chi connectivity index (χ2v) is 8.13. The third-order valence-electron chi connectivity index (χ3n) is 5.53. The Morgan fingerprint density at radius 1 is 0.821 bits per heavy atom. The number of benzene rings is 1. The highest BCUT2D eigenvalue weighted by atomic mass is 15.5. The van der Waals surface area contributed by atoms with E-state index in [2.05, 4.69) is 29.1 Å². The third kappa shape index (κ3) is 8.17. The van der Waals surface area contributed by atoms with Crippen molar-refractivity contribution < 1.29 is 0 Å². The molecule has 5 nitrogen and oxygen atoms in total. The summed E-state index contributed by atoms with van der Waals surface area (Å²) in [5.74, 6) is 0. The summed E-state index contributed by atoms with van der Waals surface area (Å²) in [6.45, 7) is 7.65. The lowest BCUT2D eigenvalue weighted by atomic mass is 10.1. The molecule has 0 aliphatic heterocycles. The van der Waals surface area contributed by atoms with Gasteiger partial charge < -0.3 is 5.73 Å². The van der Waals surface area contributed by atoms with Gasteiger partial charge in [0.05, 0.1) is 12.2 Å². The molecule has 0 spiro atoms. The van der Waals surface area contributed by atoms with E-state index in [-0.39, 0.29) is 0 Å². The Morgan fingerprint density at radius 3 is 2.00 bits per heavy atom. The predicted molar refractivity (Wildman–Crippen MR) is 120 cm³/mol. The number of rotatable bonds is 16. The molecule has 1 aromatic carbocycles. The highest BCUT2D eigenvalue weighted by Gasteiger charge is 2.10. The Hall–Kier alpha value is -1.62. The Morgan fingerprint density at radius 2 is 1.39 bits per heavy atom. The minimum atomic E-state index is 0.773. The van der Waals surface area contributed by atoms with Crippen LogP contribution >= 0.6 is 0 Å². The zero-order valence-electron chi connectivity index (χ0n) is 18.2. The van der Waals surface area contributed by atoms with Crippen molar-refractivity contribution in [2.45, 2.75) is 97.6 Å². The van der Waals surface area contributed by atoms with Crippen LogP contribution in [0.4, 0.5) is 5.69 Å². The van der Waals surface area contributed by atoms with Crippen LogP contribution in [0.2, 0.25) is 0 Å². The van der Waals surface area contributed by atoms with Crippen molar-refractivity contribution in [2.75, 3.05) is 18.8 Å². The van der Waals surface area contributed by atoms with E-state index < -0.39 is 0 Å². The van der Waals surface area contributed by atoms with Crippen LogP contribution in [-0.4, -0.2) is 33.0 Å². The van der Waals surface area contributed by atoms with Crippen LogP contribution < -0.4 is 5.73 Å². The highest BCUT2D eigenvalue weighted by Crippen LogP contribution is 2.16. The van der Waals surface area contributed by atoms with Crippen molar-refractivity contribution >= 4 is 16.7 Å². The average Bonchev–Trinajstić information content (AvgIpc) is 3.08. The Labute approximate surface area is 171 Å². The highest BCUT2D eigenvalue weighted by molar-refractivity contribution is 5.77. The number of unbranched alkanes of at least 4 members (excludes halogenated alkanes) is 10. The summed E-state index contributed by atoms with van der Waals surface area (Å²) in [4.78, 5) is 2.55. The van der Waals surface area contributed by atoms with Gasteiger partial charge in [0.2, 0.25) is 0 Å². The van der Waals surface area contributed by atoms with Gasteiger partial charge in [-0.2, -0.15) is 0 Å². The van der Waals surface area contributed by atoms with E-state index in [0.29, 0.717) is 0 Å². The maximum atomic E-state index is 5.98. The molecule has 0 unspecified atom stereocenters. The molecular weight excluding hydrogens is 346 g/mol. The van der Waals surface area contributed by atoms with E-state index >= 15 is 0 Å². The van der Waals surface area contributed by atoms with E-state index in [0.717, 1.165) is 36.5 Å². The topological polar surface area (TPSA) is 60.0 Å². The van der Waals surface area contributed by atoms with E-state index in [9.17, 15) is 0 Å². The first-order valence-electron chi connectivity index (χ1n) is 11.6. The Kier molecular flexibility index (Phi) is 11.0. The molecule has 0 radical (unpaired) electrons. The van der Waals surface area contributed by atoms with Crippen LogP contribution in [0.1, 0.15) is 90.9 Å². The Balaban J connectivity index is 1.85. The summed E-state index contributed by atoms with van der Waals surface area (Å²) in [5, 5.41) is 8.69. The first-order valence-corrected chi connectivity index (χ1v) is 11.6. The normalized spacial score (nSPS) is 11.7. The minimum absolute atomic E-state index is 0.773. The maximum absolute atomic E-state index is 5.98. The fourth-order valence-corrected chi connectivity index (χ4v) is 3.76. The molecule has 1 heterocycles. The molecule has 158 valence electrons. The number of hydrogen-bond donors (Lipinski definition) is 1. The minimum Gasteiger partial charge on any atom is -0.399 e. The first kappa shape index (κ1) is 22.7. The molecule has 2 rings (SSSR count). The molecule has 1 aromatic heterocycles. The van der Waals surface area contributed by atoms with Crippen molar-refractivity contribution in [3.63, 3.8) is 0 Å². The zero-order valence-corrected chi connectivity index (χ0v) is 18.2. The van der Waals surface area contributed by atoms with Gasteiger partial charge in [0.15, 0.2) is 0 Å². The van der Waals surface area contributed by atoms with Crippen LogP contribution in [0.25, 0.3) is 11.0 Å². The Bertz CT molecular complexity index is 635. The van der Waals surface area contributed by atoms with Gasteiger partial charge >= 0.3 is 0 Å². The number of nitrogens with zero attached hydrogens (tertiary/aromatic N) is 4. The summed E-state index contributed by atoms with van der Waals surface area (Å²) in [7, 11) is 0. The quantitative estimate of drug-likeness (QED) is 0.284. The lowest BCUT2D eigenvalue weighted by Gasteiger charge is -2.22. The molecule has 0 aliphatic carbocycles. The third-order valence-corrected chi connectivity index (χ3v) is 5.53. The molecule has 2 aromatic rings. The molecule has 0 atom stereocenters. The molecule has 0 bridgehead atoms. The van der Waals surface area contributed by atoms with Gasteiger partial charge in [-0.1, -0.05) is 83.3 Å². The maximum Gasteiger partial charge on any atom is 0.113 e. The van der Waals surface area contributed by atoms with Gasteiger partial charge in [0, 0.05) is 5.69 Å². The van der Waals surface area contributed by atoms with Crippen LogP contribution in [0, 0.1) is 0 Å². The van der Waals surface area contributed by atoms with Crippen LogP contribution in [-0.2, 0) is 6.67 Å².